The molecule has 0 amide bonds. The average Bonchev–Trinajstić information content (AvgIpc) is 2.35. The Bertz CT molecular complexity index is 330. The molecule has 17 heavy (non-hydrogen) atoms. The van der Waals surface area contributed by atoms with Gasteiger partial charge in [0.05, 0.1) is 12.7 Å². The fraction of sp³-hybridized carbons (Fsp3) is 0.571. The van der Waals surface area contributed by atoms with E-state index in [1.807, 2.05) is 18.2 Å². The van der Waals surface area contributed by atoms with E-state index in [-0.39, 0.29) is 6.10 Å². The lowest BCUT2D eigenvalue weighted by Crippen LogP contribution is -2.33. The number of benzene rings is 1. The van der Waals surface area contributed by atoms with Crippen LogP contribution in [0.3, 0.4) is 0 Å². The number of halogens is 1. The van der Waals surface area contributed by atoms with Crippen molar-refractivity contribution in [2.24, 2.45) is 0 Å². The number of ether oxygens (including phenoxy) is 1. The van der Waals surface area contributed by atoms with Gasteiger partial charge in [0.25, 0.3) is 0 Å². The second-order valence-electron chi connectivity index (χ2n) is 4.43. The number of hydrogen-bond acceptors (Lipinski definition) is 2. The molecule has 2 nitrogen and oxygen atoms in total. The first-order valence-corrected chi connectivity index (χ1v) is 7.01. The van der Waals surface area contributed by atoms with Crippen molar-refractivity contribution in [1.82, 2.24) is 5.32 Å². The van der Waals surface area contributed by atoms with Gasteiger partial charge in [-0.05, 0) is 31.9 Å². The Kier molecular flexibility index (Phi) is 6.78. The minimum atomic E-state index is 0.233. The van der Waals surface area contributed by atoms with E-state index in [1.165, 1.54) is 5.56 Å². The van der Waals surface area contributed by atoms with Crippen molar-refractivity contribution in [3.8, 4) is 0 Å². The molecule has 0 aliphatic rings. The molecule has 2 atom stereocenters. The van der Waals surface area contributed by atoms with E-state index < -0.39 is 0 Å². The molecule has 0 radical (unpaired) electrons. The van der Waals surface area contributed by atoms with E-state index >= 15 is 0 Å². The van der Waals surface area contributed by atoms with Crippen molar-refractivity contribution in [2.45, 2.75) is 45.9 Å². The zero-order valence-corrected chi connectivity index (χ0v) is 12.5. The van der Waals surface area contributed by atoms with Gasteiger partial charge in [-0.2, -0.15) is 0 Å². The molecule has 1 aromatic rings. The van der Waals surface area contributed by atoms with E-state index in [0.29, 0.717) is 12.6 Å². The quantitative estimate of drug-likeness (QED) is 0.828. The standard InChI is InChI=1S/C14H22BrNO/c1-4-11(2)16-9-12(3)17-10-13-7-5-6-8-14(13)15/h5-8,11-12,16H,4,9-10H2,1-3H3. The summed E-state index contributed by atoms with van der Waals surface area (Å²) in [6.07, 6.45) is 1.38. The van der Waals surface area contributed by atoms with Gasteiger partial charge in [0.1, 0.15) is 0 Å². The van der Waals surface area contributed by atoms with Gasteiger partial charge in [-0.3, -0.25) is 0 Å². The van der Waals surface area contributed by atoms with Crippen LogP contribution in [0.2, 0.25) is 0 Å². The van der Waals surface area contributed by atoms with Gasteiger partial charge < -0.3 is 10.1 Å². The molecule has 0 aliphatic carbocycles. The predicted molar refractivity (Wildman–Crippen MR) is 76.1 cm³/mol. The third-order valence-electron chi connectivity index (χ3n) is 2.85. The van der Waals surface area contributed by atoms with Crippen molar-refractivity contribution >= 4 is 15.9 Å². The summed E-state index contributed by atoms with van der Waals surface area (Å²) in [7, 11) is 0. The molecule has 0 aliphatic heterocycles. The van der Waals surface area contributed by atoms with Crippen LogP contribution in [-0.4, -0.2) is 18.7 Å². The summed E-state index contributed by atoms with van der Waals surface area (Å²) in [6.45, 7) is 8.04. The summed E-state index contributed by atoms with van der Waals surface area (Å²) in [4.78, 5) is 0. The lowest BCUT2D eigenvalue weighted by atomic mass is 10.2. The Hall–Kier alpha value is -0.380. The predicted octanol–water partition coefficient (Wildman–Crippen LogP) is 3.74. The topological polar surface area (TPSA) is 21.3 Å². The van der Waals surface area contributed by atoms with Gasteiger partial charge in [-0.25, -0.2) is 0 Å². The molecule has 2 unspecified atom stereocenters. The Morgan fingerprint density at radius 2 is 2.00 bits per heavy atom. The normalized spacial score (nSPS) is 14.6. The van der Waals surface area contributed by atoms with Gasteiger partial charge in [-0.15, -0.1) is 0 Å². The molecule has 0 aromatic heterocycles. The van der Waals surface area contributed by atoms with Crippen LogP contribution in [-0.2, 0) is 11.3 Å². The van der Waals surface area contributed by atoms with E-state index in [0.717, 1.165) is 17.4 Å². The van der Waals surface area contributed by atoms with Crippen LogP contribution in [0.15, 0.2) is 28.7 Å². The van der Waals surface area contributed by atoms with Gasteiger partial charge in [0.15, 0.2) is 0 Å². The Morgan fingerprint density at radius 3 is 2.65 bits per heavy atom. The minimum absolute atomic E-state index is 0.233. The van der Waals surface area contributed by atoms with E-state index in [4.69, 9.17) is 4.74 Å². The number of nitrogens with one attached hydrogen (secondary N) is 1. The first-order valence-electron chi connectivity index (χ1n) is 6.21. The van der Waals surface area contributed by atoms with Crippen LogP contribution < -0.4 is 5.32 Å². The van der Waals surface area contributed by atoms with Crippen molar-refractivity contribution in [3.63, 3.8) is 0 Å². The maximum atomic E-state index is 5.81. The third-order valence-corrected chi connectivity index (χ3v) is 3.62. The fourth-order valence-electron chi connectivity index (χ4n) is 1.42. The fourth-order valence-corrected chi connectivity index (χ4v) is 1.82. The van der Waals surface area contributed by atoms with Crippen LogP contribution in [0, 0.1) is 0 Å². The van der Waals surface area contributed by atoms with Crippen LogP contribution in [0.1, 0.15) is 32.8 Å². The lowest BCUT2D eigenvalue weighted by molar-refractivity contribution is 0.0513. The van der Waals surface area contributed by atoms with Gasteiger partial charge in [0, 0.05) is 17.1 Å². The number of hydrogen-bond donors (Lipinski definition) is 1. The van der Waals surface area contributed by atoms with E-state index in [2.05, 4.69) is 48.1 Å². The van der Waals surface area contributed by atoms with Crippen LogP contribution in [0.5, 0.6) is 0 Å². The van der Waals surface area contributed by atoms with Gasteiger partial charge in [-0.1, -0.05) is 41.1 Å². The highest BCUT2D eigenvalue weighted by Gasteiger charge is 2.06. The molecule has 0 heterocycles. The first-order chi connectivity index (χ1) is 8.13. The maximum Gasteiger partial charge on any atom is 0.0732 e. The third kappa shape index (κ3) is 5.66. The van der Waals surface area contributed by atoms with Crippen molar-refractivity contribution in [1.29, 1.82) is 0 Å². The zero-order chi connectivity index (χ0) is 12.7. The molecule has 1 rings (SSSR count). The molecule has 0 fully saturated rings. The molecule has 0 saturated carbocycles. The summed E-state index contributed by atoms with van der Waals surface area (Å²) in [5.41, 5.74) is 1.20. The molecule has 0 bridgehead atoms. The van der Waals surface area contributed by atoms with E-state index in [9.17, 15) is 0 Å². The van der Waals surface area contributed by atoms with Crippen LogP contribution in [0.4, 0.5) is 0 Å². The van der Waals surface area contributed by atoms with Crippen molar-refractivity contribution in [3.05, 3.63) is 34.3 Å². The molecule has 1 aromatic carbocycles. The summed E-state index contributed by atoms with van der Waals surface area (Å²) >= 11 is 3.52. The van der Waals surface area contributed by atoms with Crippen LogP contribution >= 0.6 is 15.9 Å². The van der Waals surface area contributed by atoms with Crippen molar-refractivity contribution < 1.29 is 4.74 Å². The smallest absolute Gasteiger partial charge is 0.0732 e. The number of rotatable bonds is 7. The summed E-state index contributed by atoms with van der Waals surface area (Å²) in [5.74, 6) is 0. The monoisotopic (exact) mass is 299 g/mol. The molecule has 0 spiro atoms. The van der Waals surface area contributed by atoms with Gasteiger partial charge in [0.2, 0.25) is 0 Å². The minimum Gasteiger partial charge on any atom is -0.372 e. The summed E-state index contributed by atoms with van der Waals surface area (Å²) in [6, 6.07) is 8.73. The molecule has 3 heteroatoms. The first kappa shape index (κ1) is 14.7. The highest BCUT2D eigenvalue weighted by atomic mass is 79.9. The lowest BCUT2D eigenvalue weighted by Gasteiger charge is -2.17. The molecule has 0 saturated heterocycles. The van der Waals surface area contributed by atoms with Gasteiger partial charge >= 0.3 is 0 Å². The highest BCUT2D eigenvalue weighted by Crippen LogP contribution is 2.17. The molecular formula is C14H22BrNO. The summed E-state index contributed by atoms with van der Waals surface area (Å²) in [5, 5.41) is 3.45. The largest absolute Gasteiger partial charge is 0.372 e. The highest BCUT2D eigenvalue weighted by molar-refractivity contribution is 9.10. The Labute approximate surface area is 113 Å². The average molecular weight is 300 g/mol. The van der Waals surface area contributed by atoms with E-state index in [1.54, 1.807) is 0 Å². The second-order valence-corrected chi connectivity index (χ2v) is 5.28. The summed E-state index contributed by atoms with van der Waals surface area (Å²) < 4.78 is 6.92. The maximum absolute atomic E-state index is 5.81. The zero-order valence-electron chi connectivity index (χ0n) is 10.9. The molecular weight excluding hydrogens is 278 g/mol. The second kappa shape index (κ2) is 7.85. The van der Waals surface area contributed by atoms with Crippen LogP contribution in [0.25, 0.3) is 0 Å². The Morgan fingerprint density at radius 1 is 1.29 bits per heavy atom. The Balaban J connectivity index is 2.28. The SMILES string of the molecule is CCC(C)NCC(C)OCc1ccccc1Br. The van der Waals surface area contributed by atoms with Crippen molar-refractivity contribution in [2.75, 3.05) is 6.54 Å². The molecule has 96 valence electrons. The molecule has 1 N–H and O–H groups in total.